The van der Waals surface area contributed by atoms with Gasteiger partial charge in [0, 0.05) is 13.6 Å². The summed E-state index contributed by atoms with van der Waals surface area (Å²) in [6.07, 6.45) is 3.87. The van der Waals surface area contributed by atoms with Gasteiger partial charge in [-0.1, -0.05) is 12.5 Å². The van der Waals surface area contributed by atoms with Crippen LogP contribution in [0.3, 0.4) is 0 Å². The number of aryl methyl sites for hydroxylation is 1. The van der Waals surface area contributed by atoms with E-state index < -0.39 is 5.97 Å². The molecule has 1 aliphatic rings. The van der Waals surface area contributed by atoms with Gasteiger partial charge in [0.2, 0.25) is 0 Å². The summed E-state index contributed by atoms with van der Waals surface area (Å²) in [5.74, 6) is -0.109. The van der Waals surface area contributed by atoms with Gasteiger partial charge in [-0.25, -0.2) is 4.79 Å². The van der Waals surface area contributed by atoms with Crippen molar-refractivity contribution in [3.63, 3.8) is 0 Å². The highest BCUT2D eigenvalue weighted by molar-refractivity contribution is 5.94. The molecule has 2 rings (SSSR count). The van der Waals surface area contributed by atoms with Crippen molar-refractivity contribution < 1.29 is 9.90 Å². The lowest BCUT2D eigenvalue weighted by Crippen LogP contribution is -2.30. The van der Waals surface area contributed by atoms with Gasteiger partial charge in [0.1, 0.15) is 0 Å². The number of carboxylic acid groups (broad SMARTS) is 1. The van der Waals surface area contributed by atoms with Crippen LogP contribution in [-0.4, -0.2) is 24.7 Å². The van der Waals surface area contributed by atoms with Crippen LogP contribution in [0.5, 0.6) is 0 Å². The Labute approximate surface area is 102 Å². The molecule has 1 saturated carbocycles. The minimum Gasteiger partial charge on any atom is -0.478 e. The average Bonchev–Trinajstić information content (AvgIpc) is 2.22. The molecule has 0 aliphatic heterocycles. The predicted molar refractivity (Wildman–Crippen MR) is 68.7 cm³/mol. The van der Waals surface area contributed by atoms with Crippen LogP contribution in [0.15, 0.2) is 18.2 Å². The van der Waals surface area contributed by atoms with Crippen molar-refractivity contribution in [1.82, 2.24) is 0 Å². The summed E-state index contributed by atoms with van der Waals surface area (Å²) < 4.78 is 0. The molecule has 0 atom stereocenters. The van der Waals surface area contributed by atoms with E-state index in [0.717, 1.165) is 23.7 Å². The largest absolute Gasteiger partial charge is 0.478 e. The molecule has 1 aliphatic carbocycles. The molecular formula is C14H19NO2. The van der Waals surface area contributed by atoms with Gasteiger partial charge in [0.05, 0.1) is 11.3 Å². The fraction of sp³-hybridized carbons (Fsp3) is 0.500. The lowest BCUT2D eigenvalue weighted by atomic mass is 9.85. The molecule has 0 unspecified atom stereocenters. The van der Waals surface area contributed by atoms with Crippen molar-refractivity contribution in [2.45, 2.75) is 26.2 Å². The zero-order chi connectivity index (χ0) is 12.4. The maximum Gasteiger partial charge on any atom is 0.337 e. The van der Waals surface area contributed by atoms with Crippen LogP contribution in [-0.2, 0) is 0 Å². The van der Waals surface area contributed by atoms with Crippen molar-refractivity contribution in [2.24, 2.45) is 5.92 Å². The van der Waals surface area contributed by atoms with Gasteiger partial charge in [-0.3, -0.25) is 0 Å². The van der Waals surface area contributed by atoms with E-state index in [1.807, 2.05) is 26.1 Å². The molecule has 0 radical (unpaired) electrons. The average molecular weight is 233 g/mol. The molecule has 3 nitrogen and oxygen atoms in total. The van der Waals surface area contributed by atoms with Gasteiger partial charge < -0.3 is 10.0 Å². The van der Waals surface area contributed by atoms with E-state index in [-0.39, 0.29) is 0 Å². The first-order chi connectivity index (χ1) is 8.08. The zero-order valence-corrected chi connectivity index (χ0v) is 10.4. The molecule has 1 fully saturated rings. The van der Waals surface area contributed by atoms with Crippen molar-refractivity contribution in [1.29, 1.82) is 0 Å². The number of anilines is 1. The molecular weight excluding hydrogens is 214 g/mol. The van der Waals surface area contributed by atoms with Gasteiger partial charge >= 0.3 is 5.97 Å². The van der Waals surface area contributed by atoms with Crippen molar-refractivity contribution in [3.8, 4) is 0 Å². The summed E-state index contributed by atoms with van der Waals surface area (Å²) in [6, 6.07) is 5.51. The molecule has 0 amide bonds. The Balaban J connectivity index is 2.21. The van der Waals surface area contributed by atoms with E-state index in [4.69, 9.17) is 0 Å². The van der Waals surface area contributed by atoms with E-state index in [0.29, 0.717) is 5.56 Å². The highest BCUT2D eigenvalue weighted by Gasteiger charge is 2.21. The number of carbonyl (C=O) groups is 1. The third-order valence-corrected chi connectivity index (χ3v) is 3.55. The van der Waals surface area contributed by atoms with Gasteiger partial charge in [-0.15, -0.1) is 0 Å². The Kier molecular flexibility index (Phi) is 3.36. The second-order valence-corrected chi connectivity index (χ2v) is 5.00. The first-order valence-electron chi connectivity index (χ1n) is 6.13. The fourth-order valence-electron chi connectivity index (χ4n) is 2.30. The standard InChI is InChI=1S/C14H19NO2/c1-10-6-7-12(14(16)17)13(8-10)15(2)9-11-4-3-5-11/h6-8,11H,3-5,9H2,1-2H3,(H,16,17). The SMILES string of the molecule is Cc1ccc(C(=O)O)c(N(C)CC2CCC2)c1. The molecule has 0 spiro atoms. The molecule has 0 bridgehead atoms. The maximum absolute atomic E-state index is 11.2. The molecule has 0 aromatic heterocycles. The third kappa shape index (κ3) is 2.60. The van der Waals surface area contributed by atoms with E-state index in [1.165, 1.54) is 19.3 Å². The Hall–Kier alpha value is -1.51. The monoisotopic (exact) mass is 233 g/mol. The summed E-state index contributed by atoms with van der Waals surface area (Å²) in [6.45, 7) is 2.95. The first kappa shape index (κ1) is 12.0. The smallest absolute Gasteiger partial charge is 0.337 e. The van der Waals surface area contributed by atoms with E-state index in [1.54, 1.807) is 6.07 Å². The maximum atomic E-state index is 11.2. The second-order valence-electron chi connectivity index (χ2n) is 5.00. The summed E-state index contributed by atoms with van der Waals surface area (Å²) in [5, 5.41) is 9.18. The number of rotatable bonds is 4. The Morgan fingerprint density at radius 3 is 2.71 bits per heavy atom. The number of benzene rings is 1. The number of hydrogen-bond donors (Lipinski definition) is 1. The first-order valence-corrected chi connectivity index (χ1v) is 6.13. The van der Waals surface area contributed by atoms with Crippen LogP contribution in [0.2, 0.25) is 0 Å². The summed E-state index contributed by atoms with van der Waals surface area (Å²) in [4.78, 5) is 13.3. The molecule has 1 aromatic carbocycles. The molecule has 17 heavy (non-hydrogen) atoms. The van der Waals surface area contributed by atoms with Crippen molar-refractivity contribution in [2.75, 3.05) is 18.5 Å². The topological polar surface area (TPSA) is 40.5 Å². The highest BCUT2D eigenvalue weighted by Crippen LogP contribution is 2.29. The molecule has 0 saturated heterocycles. The van der Waals surface area contributed by atoms with Gasteiger partial charge in [0.25, 0.3) is 0 Å². The molecule has 0 heterocycles. The van der Waals surface area contributed by atoms with Crippen LogP contribution >= 0.6 is 0 Å². The zero-order valence-electron chi connectivity index (χ0n) is 10.4. The second kappa shape index (κ2) is 4.78. The number of carboxylic acids is 1. The van der Waals surface area contributed by atoms with Crippen LogP contribution in [0.4, 0.5) is 5.69 Å². The summed E-state index contributed by atoms with van der Waals surface area (Å²) in [5.41, 5.74) is 2.34. The normalized spacial score (nSPS) is 15.4. The third-order valence-electron chi connectivity index (χ3n) is 3.55. The van der Waals surface area contributed by atoms with Crippen LogP contribution in [0.25, 0.3) is 0 Å². The molecule has 92 valence electrons. The van der Waals surface area contributed by atoms with E-state index >= 15 is 0 Å². The quantitative estimate of drug-likeness (QED) is 0.869. The molecule has 3 heteroatoms. The van der Waals surface area contributed by atoms with Crippen LogP contribution in [0.1, 0.15) is 35.2 Å². The number of hydrogen-bond acceptors (Lipinski definition) is 2. The van der Waals surface area contributed by atoms with Crippen molar-refractivity contribution >= 4 is 11.7 Å². The lowest BCUT2D eigenvalue weighted by Gasteiger charge is -2.32. The minimum absolute atomic E-state index is 0.400. The Morgan fingerprint density at radius 2 is 2.18 bits per heavy atom. The molecule has 1 aromatic rings. The summed E-state index contributed by atoms with van der Waals surface area (Å²) in [7, 11) is 1.99. The van der Waals surface area contributed by atoms with Crippen LogP contribution < -0.4 is 4.90 Å². The predicted octanol–water partition coefficient (Wildman–Crippen LogP) is 2.93. The van der Waals surface area contributed by atoms with Gasteiger partial charge in [0.15, 0.2) is 0 Å². The van der Waals surface area contributed by atoms with E-state index in [2.05, 4.69) is 4.90 Å². The summed E-state index contributed by atoms with van der Waals surface area (Å²) >= 11 is 0. The van der Waals surface area contributed by atoms with E-state index in [9.17, 15) is 9.90 Å². The fourth-order valence-corrected chi connectivity index (χ4v) is 2.30. The Bertz CT molecular complexity index is 424. The minimum atomic E-state index is -0.847. The van der Waals surface area contributed by atoms with Gasteiger partial charge in [-0.2, -0.15) is 0 Å². The lowest BCUT2D eigenvalue weighted by molar-refractivity contribution is 0.0697. The highest BCUT2D eigenvalue weighted by atomic mass is 16.4. The Morgan fingerprint density at radius 1 is 1.47 bits per heavy atom. The van der Waals surface area contributed by atoms with Crippen molar-refractivity contribution in [3.05, 3.63) is 29.3 Å². The van der Waals surface area contributed by atoms with Crippen LogP contribution in [0, 0.1) is 12.8 Å². The number of aromatic carboxylic acids is 1. The number of nitrogens with zero attached hydrogens (tertiary/aromatic N) is 1. The molecule has 1 N–H and O–H groups in total. The van der Waals surface area contributed by atoms with Gasteiger partial charge in [-0.05, 0) is 43.4 Å².